The Morgan fingerprint density at radius 2 is 1.76 bits per heavy atom. The average Bonchev–Trinajstić information content (AvgIpc) is 3.14. The topological polar surface area (TPSA) is 167 Å². The van der Waals surface area contributed by atoms with Crippen molar-refractivity contribution in [3.05, 3.63) is 0 Å². The molecule has 6 N–H and O–H groups in total. The Labute approximate surface area is 226 Å². The van der Waals surface area contributed by atoms with E-state index >= 15 is 0 Å². The van der Waals surface area contributed by atoms with Gasteiger partial charge in [0.1, 0.15) is 30.5 Å². The Bertz CT molecular complexity index is 570. The summed E-state index contributed by atoms with van der Waals surface area (Å²) in [6, 6.07) is 0. The molecule has 1 radical (unpaired) electrons. The molecule has 0 aliphatic carbocycles. The molecule has 8 atom stereocenters. The number of rotatable bonds is 14. The molecule has 1 unspecified atom stereocenters. The molecule has 34 heavy (non-hydrogen) atoms. The number of hydrogen-bond acceptors (Lipinski definition) is 10. The fraction of sp³-hybridized carbons (Fsp3) is 0.955. The van der Waals surface area contributed by atoms with Gasteiger partial charge in [-0.25, -0.2) is 0 Å². The van der Waals surface area contributed by atoms with Crippen LogP contribution in [0.1, 0.15) is 52.4 Å². The van der Waals surface area contributed by atoms with Crippen molar-refractivity contribution in [1.82, 2.24) is 5.32 Å². The van der Waals surface area contributed by atoms with Gasteiger partial charge in [-0.1, -0.05) is 0 Å². The first-order valence-corrected chi connectivity index (χ1v) is 11.9. The van der Waals surface area contributed by atoms with E-state index < -0.39 is 43.4 Å². The second-order valence-corrected chi connectivity index (χ2v) is 9.00. The second-order valence-electron chi connectivity index (χ2n) is 9.00. The van der Waals surface area contributed by atoms with Crippen LogP contribution < -0.4 is 5.32 Å². The second kappa shape index (κ2) is 16.9. The van der Waals surface area contributed by atoms with Gasteiger partial charge in [-0.3, -0.25) is 4.79 Å². The van der Waals surface area contributed by atoms with Gasteiger partial charge < -0.3 is 49.8 Å². The Kier molecular flexibility index (Phi) is 16.0. The summed E-state index contributed by atoms with van der Waals surface area (Å²) < 4.78 is 22.0. The van der Waals surface area contributed by atoms with Crippen molar-refractivity contribution in [1.29, 1.82) is 0 Å². The normalized spacial score (nSPS) is 33.6. The van der Waals surface area contributed by atoms with Crippen molar-refractivity contribution in [2.24, 2.45) is 0 Å². The molecule has 197 valence electrons. The number of ether oxygens (including phenoxy) is 4. The molecular weight excluding hydrogens is 527 g/mol. The van der Waals surface area contributed by atoms with Gasteiger partial charge in [0.25, 0.3) is 0 Å². The van der Waals surface area contributed by atoms with Crippen molar-refractivity contribution in [3.8, 4) is 0 Å². The average molecular weight is 568 g/mol. The van der Waals surface area contributed by atoms with Crippen molar-refractivity contribution in [2.75, 3.05) is 26.4 Å². The minimum atomic E-state index is -1.47. The number of aliphatic hydroxyl groups excluding tert-OH is 5. The molecule has 0 aromatic carbocycles. The molecule has 0 aromatic rings. The number of aliphatic hydroxyl groups is 5. The number of hydrogen-bond donors (Lipinski definition) is 6. The molecule has 1 amide bonds. The Morgan fingerprint density at radius 3 is 2.44 bits per heavy atom. The first-order chi connectivity index (χ1) is 15.7. The number of nitrogens with one attached hydrogen (secondary N) is 1. The van der Waals surface area contributed by atoms with Crippen LogP contribution in [-0.4, -0.2) is 113 Å². The maximum atomic E-state index is 12.0. The summed E-state index contributed by atoms with van der Waals surface area (Å²) in [7, 11) is 0. The summed E-state index contributed by atoms with van der Waals surface area (Å²) in [5.41, 5.74) is 0. The van der Waals surface area contributed by atoms with Crippen LogP contribution in [0.15, 0.2) is 0 Å². The minimum Gasteiger partial charge on any atom is -0.394 e. The van der Waals surface area contributed by atoms with Gasteiger partial charge in [0.05, 0.1) is 31.5 Å². The smallest absolute Gasteiger partial charge is 0.219 e. The Balaban J connectivity index is 0.00000578. The van der Waals surface area contributed by atoms with Crippen molar-refractivity contribution in [3.63, 3.8) is 0 Å². The van der Waals surface area contributed by atoms with E-state index in [-0.39, 0.29) is 63.5 Å². The number of amides is 1. The van der Waals surface area contributed by atoms with Gasteiger partial charge in [-0.15, -0.1) is 0 Å². The zero-order valence-electron chi connectivity index (χ0n) is 20.1. The summed E-state index contributed by atoms with van der Waals surface area (Å²) in [6.07, 6.45) is -3.70. The summed E-state index contributed by atoms with van der Waals surface area (Å²) in [5.74, 6) is -0.0709. The van der Waals surface area contributed by atoms with Crippen LogP contribution in [0.3, 0.4) is 0 Å². The maximum Gasteiger partial charge on any atom is 0.219 e. The minimum absolute atomic E-state index is 0. The van der Waals surface area contributed by atoms with Gasteiger partial charge in [-0.05, 0) is 39.5 Å². The van der Waals surface area contributed by atoms with Crippen LogP contribution >= 0.6 is 0 Å². The van der Waals surface area contributed by atoms with Crippen molar-refractivity contribution in [2.45, 2.75) is 107 Å². The maximum absolute atomic E-state index is 12.0. The molecule has 0 bridgehead atoms. The van der Waals surface area contributed by atoms with Gasteiger partial charge in [-0.2, -0.15) is 0 Å². The molecule has 2 heterocycles. The molecule has 2 saturated heterocycles. The van der Waals surface area contributed by atoms with Crippen LogP contribution in [0, 0.1) is 0 Å². The SMILES string of the molecule is CC(C)OC[C@H]1O[C@@H](CCCNC(=O)CCCCO[C@H]2O[C@H](CO)[C@@H](O)[C@H](O)[C@@H]2O)CC1O.[Y]. The summed E-state index contributed by atoms with van der Waals surface area (Å²) in [6.45, 7) is 4.48. The van der Waals surface area contributed by atoms with E-state index in [9.17, 15) is 25.2 Å². The van der Waals surface area contributed by atoms with Crippen LogP contribution in [0.25, 0.3) is 0 Å². The quantitative estimate of drug-likeness (QED) is 0.140. The summed E-state index contributed by atoms with van der Waals surface area (Å²) >= 11 is 0. The molecule has 0 saturated carbocycles. The third kappa shape index (κ3) is 10.7. The molecule has 2 aliphatic heterocycles. The third-order valence-corrected chi connectivity index (χ3v) is 5.85. The van der Waals surface area contributed by atoms with Crippen LogP contribution in [0.4, 0.5) is 0 Å². The Morgan fingerprint density at radius 1 is 1.03 bits per heavy atom. The van der Waals surface area contributed by atoms with E-state index in [0.29, 0.717) is 38.8 Å². The Hall–Kier alpha value is 0.214. The standard InChI is InChI=1S/C22H41NO10.Y/c1-13(2)31-12-17-15(25)10-14(32-17)6-5-8-23-18(26)7-3-4-9-30-22-21(29)20(28)19(27)16(11-24)33-22;/h13-17,19-22,24-25,27-29H,3-12H2,1-2H3,(H,23,26);/t14-,15?,16+,17+,19+,20-,21-,22-;/m0./s1. The molecule has 2 rings (SSSR count). The first kappa shape index (κ1) is 32.2. The molecule has 0 spiro atoms. The summed E-state index contributed by atoms with van der Waals surface area (Å²) in [4.78, 5) is 12.0. The number of carbonyl (C=O) groups is 1. The monoisotopic (exact) mass is 568 g/mol. The van der Waals surface area contributed by atoms with Crippen LogP contribution in [0.2, 0.25) is 0 Å². The molecule has 0 aromatic heterocycles. The molecular formula is C22H41NO10Y. The van der Waals surface area contributed by atoms with Crippen LogP contribution in [0.5, 0.6) is 0 Å². The molecule has 12 heteroatoms. The van der Waals surface area contributed by atoms with E-state index in [1.54, 1.807) is 0 Å². The van der Waals surface area contributed by atoms with Gasteiger partial charge >= 0.3 is 0 Å². The first-order valence-electron chi connectivity index (χ1n) is 11.9. The third-order valence-electron chi connectivity index (χ3n) is 5.85. The van der Waals surface area contributed by atoms with Crippen molar-refractivity contribution >= 4 is 5.91 Å². The van der Waals surface area contributed by atoms with E-state index in [0.717, 1.165) is 12.8 Å². The fourth-order valence-corrected chi connectivity index (χ4v) is 3.88. The van der Waals surface area contributed by atoms with Gasteiger partial charge in [0.2, 0.25) is 5.91 Å². The predicted molar refractivity (Wildman–Crippen MR) is 116 cm³/mol. The van der Waals surface area contributed by atoms with E-state index in [2.05, 4.69) is 5.32 Å². The van der Waals surface area contributed by atoms with E-state index in [4.69, 9.17) is 24.1 Å². The number of unbranched alkanes of at least 4 members (excludes halogenated alkanes) is 1. The fourth-order valence-electron chi connectivity index (χ4n) is 3.88. The van der Waals surface area contributed by atoms with Gasteiger partial charge in [0.15, 0.2) is 6.29 Å². The van der Waals surface area contributed by atoms with Gasteiger partial charge in [0, 0.05) is 58.7 Å². The zero-order valence-corrected chi connectivity index (χ0v) is 23.0. The zero-order chi connectivity index (χ0) is 24.4. The molecule has 11 nitrogen and oxygen atoms in total. The molecule has 2 fully saturated rings. The van der Waals surface area contributed by atoms with E-state index in [1.807, 2.05) is 13.8 Å². The van der Waals surface area contributed by atoms with Crippen molar-refractivity contribution < 1.29 is 82.0 Å². The largest absolute Gasteiger partial charge is 0.394 e. The van der Waals surface area contributed by atoms with Crippen LogP contribution in [-0.2, 0) is 56.5 Å². The summed E-state index contributed by atoms with van der Waals surface area (Å²) in [5, 5.41) is 51.5. The molecule has 2 aliphatic rings. The number of carbonyl (C=O) groups excluding carboxylic acids is 1. The van der Waals surface area contributed by atoms with E-state index in [1.165, 1.54) is 0 Å². The predicted octanol–water partition coefficient (Wildman–Crippen LogP) is -1.19.